The van der Waals surface area contributed by atoms with Gasteiger partial charge in [-0.1, -0.05) is 6.07 Å². The molecule has 0 aliphatic carbocycles. The number of hydrogen-bond acceptors (Lipinski definition) is 4. The van der Waals surface area contributed by atoms with E-state index in [0.717, 1.165) is 25.3 Å². The van der Waals surface area contributed by atoms with Crippen LogP contribution in [-0.2, 0) is 4.79 Å². The number of rotatable bonds is 3. The number of methoxy groups -OCH3 is 1. The van der Waals surface area contributed by atoms with Gasteiger partial charge in [0.2, 0.25) is 11.8 Å². The Bertz CT molecular complexity index is 408. The zero-order chi connectivity index (χ0) is 12.3. The monoisotopic (exact) mass is 235 g/mol. The highest BCUT2D eigenvalue weighted by molar-refractivity contribution is 5.79. The fraction of sp³-hybridized carbons (Fsp3) is 0.500. The van der Waals surface area contributed by atoms with Crippen LogP contribution in [0.5, 0.6) is 5.88 Å². The van der Waals surface area contributed by atoms with Crippen LogP contribution in [0.2, 0.25) is 0 Å². The zero-order valence-electron chi connectivity index (χ0n) is 10.1. The number of hydrogen-bond donors (Lipinski definition) is 1. The fourth-order valence-electron chi connectivity index (χ4n) is 2.08. The lowest BCUT2D eigenvalue weighted by Gasteiger charge is -2.17. The second-order valence-corrected chi connectivity index (χ2v) is 4.08. The van der Waals surface area contributed by atoms with Gasteiger partial charge in [-0.15, -0.1) is 0 Å². The lowest BCUT2D eigenvalue weighted by Crippen LogP contribution is -2.30. The van der Waals surface area contributed by atoms with E-state index in [0.29, 0.717) is 5.88 Å². The van der Waals surface area contributed by atoms with Crippen molar-refractivity contribution in [1.29, 1.82) is 0 Å². The first-order chi connectivity index (χ1) is 8.24. The third-order valence-corrected chi connectivity index (χ3v) is 3.05. The molecule has 1 atom stereocenters. The minimum absolute atomic E-state index is 0.0630. The second kappa shape index (κ2) is 5.03. The molecule has 0 radical (unpaired) electrons. The Kier molecular flexibility index (Phi) is 3.46. The summed E-state index contributed by atoms with van der Waals surface area (Å²) >= 11 is 0. The van der Waals surface area contributed by atoms with Crippen LogP contribution in [0, 0.1) is 5.92 Å². The van der Waals surface area contributed by atoms with E-state index in [1.54, 1.807) is 14.2 Å². The quantitative estimate of drug-likeness (QED) is 0.836. The topological polar surface area (TPSA) is 54.5 Å². The number of carbonyl (C=O) groups excluding carboxylic acids is 1. The van der Waals surface area contributed by atoms with E-state index in [9.17, 15) is 4.79 Å². The molecule has 17 heavy (non-hydrogen) atoms. The van der Waals surface area contributed by atoms with Gasteiger partial charge in [0.1, 0.15) is 5.82 Å². The maximum absolute atomic E-state index is 11.5. The average molecular weight is 235 g/mol. The number of ether oxygens (including phenoxy) is 1. The summed E-state index contributed by atoms with van der Waals surface area (Å²) < 4.78 is 5.09. The smallest absolute Gasteiger partial charge is 0.224 e. The summed E-state index contributed by atoms with van der Waals surface area (Å²) in [5.41, 5.74) is 0. The van der Waals surface area contributed by atoms with E-state index in [-0.39, 0.29) is 11.8 Å². The number of nitrogens with zero attached hydrogens (tertiary/aromatic N) is 2. The molecule has 1 aromatic heterocycles. The second-order valence-electron chi connectivity index (χ2n) is 4.08. The van der Waals surface area contributed by atoms with Crippen LogP contribution in [0.1, 0.15) is 6.42 Å². The molecule has 5 nitrogen and oxygen atoms in total. The van der Waals surface area contributed by atoms with E-state index >= 15 is 0 Å². The summed E-state index contributed by atoms with van der Waals surface area (Å²) in [6.07, 6.45) is 0.874. The highest BCUT2D eigenvalue weighted by atomic mass is 16.5. The molecule has 0 bridgehead atoms. The number of nitrogens with one attached hydrogen (secondary N) is 1. The van der Waals surface area contributed by atoms with E-state index in [1.807, 2.05) is 18.2 Å². The molecule has 1 N–H and O–H groups in total. The molecule has 1 saturated heterocycles. The molecule has 92 valence electrons. The molecule has 5 heteroatoms. The predicted octanol–water partition coefficient (Wildman–Crippen LogP) is 0.662. The van der Waals surface area contributed by atoms with E-state index < -0.39 is 0 Å². The summed E-state index contributed by atoms with van der Waals surface area (Å²) in [6.45, 7) is 1.58. The van der Waals surface area contributed by atoms with Crippen molar-refractivity contribution >= 4 is 11.7 Å². The standard InChI is InChI=1S/C12H17N3O2/c1-13-12(16)9-6-7-15(8-9)10-4-3-5-11(14-10)17-2/h3-5,9H,6-8H2,1-2H3,(H,13,16). The van der Waals surface area contributed by atoms with E-state index in [2.05, 4.69) is 15.2 Å². The molecule has 0 saturated carbocycles. The van der Waals surface area contributed by atoms with Crippen LogP contribution in [0.3, 0.4) is 0 Å². The van der Waals surface area contributed by atoms with Crippen molar-refractivity contribution in [2.24, 2.45) is 5.92 Å². The van der Waals surface area contributed by atoms with Gasteiger partial charge >= 0.3 is 0 Å². The van der Waals surface area contributed by atoms with Gasteiger partial charge in [0.05, 0.1) is 13.0 Å². The first-order valence-electron chi connectivity index (χ1n) is 5.72. The molecule has 0 spiro atoms. The van der Waals surface area contributed by atoms with Crippen molar-refractivity contribution in [2.75, 3.05) is 32.1 Å². The Balaban J connectivity index is 2.07. The molecule has 1 unspecified atom stereocenters. The van der Waals surface area contributed by atoms with Gasteiger partial charge < -0.3 is 15.0 Å². The molecule has 1 fully saturated rings. The van der Waals surface area contributed by atoms with Crippen LogP contribution in [-0.4, -0.2) is 38.1 Å². The average Bonchev–Trinajstić information content (AvgIpc) is 2.87. The van der Waals surface area contributed by atoms with Crippen molar-refractivity contribution in [3.8, 4) is 5.88 Å². The fourth-order valence-corrected chi connectivity index (χ4v) is 2.08. The zero-order valence-corrected chi connectivity index (χ0v) is 10.1. The molecule has 2 rings (SSSR count). The summed E-state index contributed by atoms with van der Waals surface area (Å²) in [6, 6.07) is 5.67. The maximum Gasteiger partial charge on any atom is 0.224 e. The van der Waals surface area contributed by atoms with E-state index in [4.69, 9.17) is 4.74 Å². The van der Waals surface area contributed by atoms with Crippen molar-refractivity contribution in [3.63, 3.8) is 0 Å². The van der Waals surface area contributed by atoms with Crippen LogP contribution in [0.15, 0.2) is 18.2 Å². The Labute approximate surface area is 101 Å². The molecule has 0 aromatic carbocycles. The van der Waals surface area contributed by atoms with Crippen LogP contribution in [0.25, 0.3) is 0 Å². The summed E-state index contributed by atoms with van der Waals surface area (Å²) in [7, 11) is 3.28. The number of carbonyl (C=O) groups is 1. The van der Waals surface area contributed by atoms with Crippen molar-refractivity contribution in [1.82, 2.24) is 10.3 Å². The van der Waals surface area contributed by atoms with E-state index in [1.165, 1.54) is 0 Å². The first kappa shape index (κ1) is 11.7. The van der Waals surface area contributed by atoms with Gasteiger partial charge in [-0.3, -0.25) is 4.79 Å². The molecule has 1 aromatic rings. The number of pyridine rings is 1. The van der Waals surface area contributed by atoms with Crippen LogP contribution in [0.4, 0.5) is 5.82 Å². The van der Waals surface area contributed by atoms with Crippen molar-refractivity contribution < 1.29 is 9.53 Å². The van der Waals surface area contributed by atoms with Crippen LogP contribution < -0.4 is 15.0 Å². The molecular formula is C12H17N3O2. The van der Waals surface area contributed by atoms with Gasteiger partial charge in [0.25, 0.3) is 0 Å². The lowest BCUT2D eigenvalue weighted by molar-refractivity contribution is -0.123. The summed E-state index contributed by atoms with van der Waals surface area (Å²) in [5, 5.41) is 2.69. The van der Waals surface area contributed by atoms with Gasteiger partial charge in [0, 0.05) is 26.2 Å². The highest BCUT2D eigenvalue weighted by Gasteiger charge is 2.28. The van der Waals surface area contributed by atoms with Crippen molar-refractivity contribution in [2.45, 2.75) is 6.42 Å². The Morgan fingerprint density at radius 2 is 2.41 bits per heavy atom. The first-order valence-corrected chi connectivity index (χ1v) is 5.72. The number of anilines is 1. The predicted molar refractivity (Wildman–Crippen MR) is 65.2 cm³/mol. The Morgan fingerprint density at radius 1 is 1.59 bits per heavy atom. The van der Waals surface area contributed by atoms with Gasteiger partial charge in [0.15, 0.2) is 0 Å². The maximum atomic E-state index is 11.5. The molecule has 2 heterocycles. The van der Waals surface area contributed by atoms with Crippen molar-refractivity contribution in [3.05, 3.63) is 18.2 Å². The Morgan fingerprint density at radius 3 is 3.12 bits per heavy atom. The van der Waals surface area contributed by atoms with Gasteiger partial charge in [-0.25, -0.2) is 0 Å². The SMILES string of the molecule is CNC(=O)C1CCN(c2cccc(OC)n2)C1. The molecular weight excluding hydrogens is 218 g/mol. The molecule has 1 aliphatic rings. The highest BCUT2D eigenvalue weighted by Crippen LogP contribution is 2.23. The Hall–Kier alpha value is -1.78. The minimum atomic E-state index is 0.0630. The third kappa shape index (κ3) is 2.49. The van der Waals surface area contributed by atoms with Gasteiger partial charge in [-0.2, -0.15) is 4.98 Å². The number of amides is 1. The third-order valence-electron chi connectivity index (χ3n) is 3.05. The molecule has 1 amide bonds. The summed E-state index contributed by atoms with van der Waals surface area (Å²) in [4.78, 5) is 18.0. The lowest BCUT2D eigenvalue weighted by atomic mass is 10.1. The van der Waals surface area contributed by atoms with Gasteiger partial charge in [-0.05, 0) is 12.5 Å². The summed E-state index contributed by atoms with van der Waals surface area (Å²) in [5.74, 6) is 1.64. The normalized spacial score (nSPS) is 19.2. The molecule has 1 aliphatic heterocycles. The largest absolute Gasteiger partial charge is 0.481 e. The van der Waals surface area contributed by atoms with Crippen LogP contribution >= 0.6 is 0 Å². The minimum Gasteiger partial charge on any atom is -0.481 e. The number of aromatic nitrogens is 1.